The van der Waals surface area contributed by atoms with E-state index in [2.05, 4.69) is 6.58 Å². The molecule has 2 aliphatic rings. The van der Waals surface area contributed by atoms with Crippen LogP contribution >= 0.6 is 0 Å². The van der Waals surface area contributed by atoms with Gasteiger partial charge >= 0.3 is 0 Å². The van der Waals surface area contributed by atoms with E-state index in [9.17, 15) is 9.59 Å². The summed E-state index contributed by atoms with van der Waals surface area (Å²) in [5.41, 5.74) is 0.677. The van der Waals surface area contributed by atoms with Gasteiger partial charge in [-0.2, -0.15) is 0 Å². The molecule has 1 heterocycles. The monoisotopic (exact) mass is 319 g/mol. The number of carbonyl (C=O) groups excluding carboxylic acids is 2. The number of amides is 2. The van der Waals surface area contributed by atoms with Crippen molar-refractivity contribution in [2.24, 2.45) is 11.3 Å². The normalized spacial score (nSPS) is 25.9. The molecule has 24 heavy (non-hydrogen) atoms. The van der Waals surface area contributed by atoms with E-state index in [4.69, 9.17) is 0 Å². The summed E-state index contributed by atoms with van der Waals surface area (Å²) in [5, 5.41) is 2.13. The third-order valence-corrected chi connectivity index (χ3v) is 5.60. The first-order valence-electron chi connectivity index (χ1n) is 8.60. The fourth-order valence-electron chi connectivity index (χ4n) is 4.16. The summed E-state index contributed by atoms with van der Waals surface area (Å²) >= 11 is 0. The number of rotatable bonds is 3. The van der Waals surface area contributed by atoms with Crippen molar-refractivity contribution in [3.8, 4) is 0 Å². The van der Waals surface area contributed by atoms with Gasteiger partial charge in [0.15, 0.2) is 0 Å². The first kappa shape index (κ1) is 15.1. The topological polar surface area (TPSA) is 37.4 Å². The van der Waals surface area contributed by atoms with Gasteiger partial charge in [0.2, 0.25) is 5.91 Å². The van der Waals surface area contributed by atoms with Crippen LogP contribution in [0.5, 0.6) is 0 Å². The van der Waals surface area contributed by atoms with E-state index in [0.717, 1.165) is 36.5 Å². The van der Waals surface area contributed by atoms with Gasteiger partial charge in [0.05, 0.1) is 0 Å². The predicted octanol–water partition coefficient (Wildman–Crippen LogP) is 4.18. The highest BCUT2D eigenvalue weighted by Gasteiger charge is 2.59. The second-order valence-electron chi connectivity index (χ2n) is 7.07. The molecule has 1 aliphatic heterocycles. The summed E-state index contributed by atoms with van der Waals surface area (Å²) in [6, 6.07) is 13.6. The van der Waals surface area contributed by atoms with Gasteiger partial charge in [-0.3, -0.25) is 14.5 Å². The molecule has 2 aromatic rings. The number of imide groups is 1. The summed E-state index contributed by atoms with van der Waals surface area (Å²) in [4.78, 5) is 27.2. The lowest BCUT2D eigenvalue weighted by Gasteiger charge is -2.19. The van der Waals surface area contributed by atoms with Crippen LogP contribution in [-0.2, 0) is 4.79 Å². The fraction of sp³-hybridized carbons (Fsp3) is 0.333. The molecule has 0 spiro atoms. The van der Waals surface area contributed by atoms with Gasteiger partial charge in [0, 0.05) is 18.0 Å². The van der Waals surface area contributed by atoms with Crippen molar-refractivity contribution in [1.82, 2.24) is 4.90 Å². The maximum Gasteiger partial charge on any atom is 0.260 e. The lowest BCUT2D eigenvalue weighted by Crippen LogP contribution is -2.38. The minimum absolute atomic E-state index is 0.00223. The van der Waals surface area contributed by atoms with Crippen LogP contribution in [0, 0.1) is 11.3 Å². The van der Waals surface area contributed by atoms with Crippen molar-refractivity contribution in [1.29, 1.82) is 0 Å². The number of allylic oxidation sites excluding steroid dienone is 1. The molecule has 2 aromatic carbocycles. The predicted molar refractivity (Wildman–Crippen MR) is 94.6 cm³/mol. The summed E-state index contributed by atoms with van der Waals surface area (Å²) in [6.45, 7) is 4.35. The van der Waals surface area contributed by atoms with E-state index < -0.39 is 0 Å². The molecule has 122 valence electrons. The number of hydrogen-bond acceptors (Lipinski definition) is 2. The molecular weight excluding hydrogens is 298 g/mol. The van der Waals surface area contributed by atoms with Crippen molar-refractivity contribution in [2.75, 3.05) is 6.54 Å². The molecule has 1 saturated carbocycles. The minimum Gasteiger partial charge on any atom is -0.278 e. The Morgan fingerprint density at radius 1 is 1.25 bits per heavy atom. The molecule has 2 fully saturated rings. The Kier molecular flexibility index (Phi) is 3.52. The number of likely N-dealkylation sites (tertiary alicyclic amines) is 1. The van der Waals surface area contributed by atoms with Crippen molar-refractivity contribution < 1.29 is 9.59 Å². The molecule has 0 bridgehead atoms. The highest BCUT2D eigenvalue weighted by Crippen LogP contribution is 2.60. The number of carbonyl (C=O) groups is 2. The molecule has 0 aromatic heterocycles. The van der Waals surface area contributed by atoms with Crippen LogP contribution in [0.15, 0.2) is 55.1 Å². The second-order valence-corrected chi connectivity index (χ2v) is 7.07. The third kappa shape index (κ3) is 2.35. The van der Waals surface area contributed by atoms with Gasteiger partial charge in [-0.15, -0.1) is 6.58 Å². The van der Waals surface area contributed by atoms with Crippen LogP contribution in [0.4, 0.5) is 0 Å². The number of hydrogen-bond donors (Lipinski definition) is 0. The molecule has 2 atom stereocenters. The zero-order valence-electron chi connectivity index (χ0n) is 13.7. The van der Waals surface area contributed by atoms with Gasteiger partial charge in [0.1, 0.15) is 0 Å². The lowest BCUT2D eigenvalue weighted by molar-refractivity contribution is -0.130. The maximum absolute atomic E-state index is 12.9. The minimum atomic E-state index is -0.160. The zero-order valence-corrected chi connectivity index (χ0v) is 13.7. The second kappa shape index (κ2) is 5.59. The quantitative estimate of drug-likeness (QED) is 0.628. The molecule has 3 heteroatoms. The lowest BCUT2D eigenvalue weighted by atomic mass is 9.94. The average Bonchev–Trinajstić information content (AvgIpc) is 3.32. The number of benzene rings is 2. The van der Waals surface area contributed by atoms with Crippen molar-refractivity contribution >= 4 is 22.6 Å². The Labute approximate surface area is 142 Å². The van der Waals surface area contributed by atoms with Gasteiger partial charge in [-0.05, 0) is 54.0 Å². The number of nitrogens with zero attached hydrogens (tertiary/aromatic N) is 1. The van der Waals surface area contributed by atoms with Crippen molar-refractivity contribution in [3.05, 3.63) is 60.7 Å². The van der Waals surface area contributed by atoms with E-state index in [1.165, 1.54) is 4.90 Å². The van der Waals surface area contributed by atoms with Crippen molar-refractivity contribution in [3.63, 3.8) is 0 Å². The zero-order chi connectivity index (χ0) is 16.7. The largest absolute Gasteiger partial charge is 0.278 e. The van der Waals surface area contributed by atoms with E-state index in [1.54, 1.807) is 0 Å². The number of fused-ring (bicyclic) bond motifs is 2. The Hall–Kier alpha value is -2.42. The maximum atomic E-state index is 12.9. The third-order valence-electron chi connectivity index (χ3n) is 5.60. The van der Waals surface area contributed by atoms with Gasteiger partial charge in [0.25, 0.3) is 5.91 Å². The standard InChI is InChI=1S/C21H21NO2/c1-2-10-21-11-5-12-22(20(24)18(21)14-21)19(23)17-9-8-15-6-3-4-7-16(15)13-17/h2-4,6-9,13,18H,1,5,10-12,14H2/t18-,21-/m1/s1. The summed E-state index contributed by atoms with van der Waals surface area (Å²) in [7, 11) is 0. The van der Waals surface area contributed by atoms with Crippen LogP contribution in [0.3, 0.4) is 0 Å². The molecule has 1 saturated heterocycles. The fourth-order valence-corrected chi connectivity index (χ4v) is 4.16. The summed E-state index contributed by atoms with van der Waals surface area (Å²) < 4.78 is 0. The Morgan fingerprint density at radius 2 is 2.04 bits per heavy atom. The van der Waals surface area contributed by atoms with Gasteiger partial charge < -0.3 is 0 Å². The molecule has 0 unspecified atom stereocenters. The van der Waals surface area contributed by atoms with Crippen LogP contribution in [0.1, 0.15) is 36.0 Å². The van der Waals surface area contributed by atoms with Gasteiger partial charge in [-0.25, -0.2) is 0 Å². The first-order valence-corrected chi connectivity index (χ1v) is 8.60. The van der Waals surface area contributed by atoms with Crippen molar-refractivity contribution in [2.45, 2.75) is 25.7 Å². The highest BCUT2D eigenvalue weighted by atomic mass is 16.2. The Balaban J connectivity index is 1.61. The van der Waals surface area contributed by atoms with Crippen LogP contribution in [0.25, 0.3) is 10.8 Å². The van der Waals surface area contributed by atoms with Crippen LogP contribution in [0.2, 0.25) is 0 Å². The highest BCUT2D eigenvalue weighted by molar-refractivity contribution is 6.07. The summed E-state index contributed by atoms with van der Waals surface area (Å²) in [6.07, 6.45) is 5.58. The van der Waals surface area contributed by atoms with E-state index in [1.807, 2.05) is 48.5 Å². The average molecular weight is 319 g/mol. The van der Waals surface area contributed by atoms with Crippen LogP contribution in [-0.4, -0.2) is 23.3 Å². The molecule has 2 amide bonds. The molecule has 0 radical (unpaired) electrons. The molecular formula is C21H21NO2. The van der Waals surface area contributed by atoms with E-state index >= 15 is 0 Å². The molecule has 4 rings (SSSR count). The Morgan fingerprint density at radius 3 is 2.83 bits per heavy atom. The summed E-state index contributed by atoms with van der Waals surface area (Å²) in [5.74, 6) is -0.151. The van der Waals surface area contributed by atoms with E-state index in [0.29, 0.717) is 12.1 Å². The molecule has 1 aliphatic carbocycles. The smallest absolute Gasteiger partial charge is 0.260 e. The van der Waals surface area contributed by atoms with Gasteiger partial charge in [-0.1, -0.05) is 36.4 Å². The molecule has 0 N–H and O–H groups in total. The van der Waals surface area contributed by atoms with Crippen LogP contribution < -0.4 is 0 Å². The first-order chi connectivity index (χ1) is 11.6. The SMILES string of the molecule is C=CC[C@]12CCCN(C(=O)c3ccc4ccccc4c3)C(=O)[C@H]1C2. The molecule has 3 nitrogen and oxygen atoms in total. The van der Waals surface area contributed by atoms with E-state index in [-0.39, 0.29) is 23.1 Å². The Bertz CT molecular complexity index is 841.